The summed E-state index contributed by atoms with van der Waals surface area (Å²) in [5, 5.41) is 11.6. The van der Waals surface area contributed by atoms with Crippen molar-refractivity contribution in [1.82, 2.24) is 10.2 Å². The Balaban J connectivity index is 1.62. The molecule has 4 N–H and O–H groups in total. The van der Waals surface area contributed by atoms with Gasteiger partial charge in [0.2, 0.25) is 11.8 Å². The van der Waals surface area contributed by atoms with Gasteiger partial charge in [0, 0.05) is 4.75 Å². The van der Waals surface area contributed by atoms with Crippen molar-refractivity contribution in [3.05, 3.63) is 29.8 Å². The summed E-state index contributed by atoms with van der Waals surface area (Å²) in [5.74, 6) is -1.85. The Morgan fingerprint density at radius 3 is 2.50 bits per heavy atom. The number of benzene rings is 1. The first-order valence-corrected chi connectivity index (χ1v) is 10.2. The van der Waals surface area contributed by atoms with Gasteiger partial charge in [0.15, 0.2) is 0 Å². The Morgan fingerprint density at radius 2 is 1.93 bits per heavy atom. The van der Waals surface area contributed by atoms with Crippen LogP contribution in [0.4, 0.5) is 4.79 Å². The second kappa shape index (κ2) is 8.15. The van der Waals surface area contributed by atoms with Crippen molar-refractivity contribution in [1.29, 1.82) is 0 Å². The lowest BCUT2D eigenvalue weighted by molar-refractivity contribution is -0.161. The molecule has 1 aromatic carbocycles. The van der Waals surface area contributed by atoms with E-state index in [1.165, 1.54) is 40.9 Å². The molecule has 162 valence electrons. The summed E-state index contributed by atoms with van der Waals surface area (Å²) in [4.78, 5) is 49.2. The molecule has 0 radical (unpaired) electrons. The molecule has 3 rings (SSSR count). The standard InChI is InChI=1S/C19H23N3O7S/c1-4-28-18(27)29-10-7-5-9(6-8-10)11(20)14(23)21-12-15(24)22-13(17(25)26)19(2,3)30-16(12)22/h5-8,11-13,16H,4,20H2,1-3H3,(H,21,23)(H,25,26)/t11?,12?,13-,16+/m0/s1. The smallest absolute Gasteiger partial charge is 0.480 e. The fraction of sp³-hybridized carbons (Fsp3) is 0.474. The van der Waals surface area contributed by atoms with Crippen molar-refractivity contribution in [2.45, 2.75) is 49.0 Å². The highest BCUT2D eigenvalue weighted by atomic mass is 32.2. The first-order chi connectivity index (χ1) is 14.1. The molecule has 4 atom stereocenters. The number of aliphatic carboxylic acids is 1. The van der Waals surface area contributed by atoms with E-state index in [1.54, 1.807) is 20.8 Å². The van der Waals surface area contributed by atoms with E-state index >= 15 is 0 Å². The molecule has 2 unspecified atom stereocenters. The number of carbonyl (C=O) groups excluding carboxylic acids is 3. The number of carboxylic acids is 1. The normalized spacial score (nSPS) is 25.0. The molecule has 2 amide bonds. The molecule has 2 heterocycles. The Hall–Kier alpha value is -2.79. The molecule has 2 saturated heterocycles. The highest BCUT2D eigenvalue weighted by Crippen LogP contribution is 2.50. The number of carboxylic acid groups (broad SMARTS) is 1. The van der Waals surface area contributed by atoms with Gasteiger partial charge in [-0.05, 0) is 38.5 Å². The van der Waals surface area contributed by atoms with Gasteiger partial charge >= 0.3 is 12.1 Å². The quantitative estimate of drug-likeness (QED) is 0.334. The predicted octanol–water partition coefficient (Wildman–Crippen LogP) is 0.853. The summed E-state index contributed by atoms with van der Waals surface area (Å²) in [5.41, 5.74) is 6.46. The second-order valence-electron chi connectivity index (χ2n) is 7.42. The maximum atomic E-state index is 12.6. The first kappa shape index (κ1) is 21.9. The molecule has 0 aliphatic carbocycles. The fourth-order valence-corrected chi connectivity index (χ4v) is 5.15. The summed E-state index contributed by atoms with van der Waals surface area (Å²) < 4.78 is 8.95. The molecule has 10 nitrogen and oxygen atoms in total. The number of ether oxygens (including phenoxy) is 2. The van der Waals surface area contributed by atoms with Gasteiger partial charge < -0.3 is 30.5 Å². The molecule has 0 saturated carbocycles. The molecular weight excluding hydrogens is 414 g/mol. The summed E-state index contributed by atoms with van der Waals surface area (Å²) in [7, 11) is 0. The number of nitrogens with one attached hydrogen (secondary N) is 1. The predicted molar refractivity (Wildman–Crippen MR) is 107 cm³/mol. The summed E-state index contributed by atoms with van der Waals surface area (Å²) in [6.07, 6.45) is -0.836. The van der Waals surface area contributed by atoms with E-state index in [0.717, 1.165) is 0 Å². The Bertz CT molecular complexity index is 873. The van der Waals surface area contributed by atoms with Gasteiger partial charge in [-0.2, -0.15) is 0 Å². The number of thioether (sulfide) groups is 1. The van der Waals surface area contributed by atoms with Crippen LogP contribution in [0, 0.1) is 0 Å². The van der Waals surface area contributed by atoms with E-state index in [2.05, 4.69) is 10.1 Å². The van der Waals surface area contributed by atoms with Crippen LogP contribution in [-0.2, 0) is 19.1 Å². The fourth-order valence-electron chi connectivity index (χ4n) is 3.53. The minimum absolute atomic E-state index is 0.183. The molecule has 2 aliphatic rings. The Kier molecular flexibility index (Phi) is 5.95. The van der Waals surface area contributed by atoms with E-state index in [9.17, 15) is 24.3 Å². The molecule has 0 spiro atoms. The zero-order valence-electron chi connectivity index (χ0n) is 16.7. The zero-order valence-corrected chi connectivity index (χ0v) is 17.5. The van der Waals surface area contributed by atoms with Crippen LogP contribution in [0.25, 0.3) is 0 Å². The third-order valence-corrected chi connectivity index (χ3v) is 6.53. The Morgan fingerprint density at radius 1 is 1.30 bits per heavy atom. The minimum Gasteiger partial charge on any atom is -0.480 e. The molecule has 11 heteroatoms. The average Bonchev–Trinajstić information content (AvgIpc) is 2.94. The molecular formula is C19H23N3O7S. The van der Waals surface area contributed by atoms with Crippen molar-refractivity contribution in [2.75, 3.05) is 6.61 Å². The lowest BCUT2D eigenvalue weighted by atomic mass is 9.95. The number of nitrogens with two attached hydrogens (primary N) is 1. The van der Waals surface area contributed by atoms with Gasteiger partial charge in [0.25, 0.3) is 0 Å². The van der Waals surface area contributed by atoms with Crippen LogP contribution in [0.5, 0.6) is 5.75 Å². The largest absolute Gasteiger partial charge is 0.513 e. The lowest BCUT2D eigenvalue weighted by Gasteiger charge is -2.43. The number of carbonyl (C=O) groups is 4. The highest BCUT2D eigenvalue weighted by Gasteiger charge is 2.64. The van der Waals surface area contributed by atoms with E-state index in [0.29, 0.717) is 5.56 Å². The van der Waals surface area contributed by atoms with Gasteiger partial charge in [-0.25, -0.2) is 9.59 Å². The van der Waals surface area contributed by atoms with Crippen LogP contribution in [0.2, 0.25) is 0 Å². The molecule has 30 heavy (non-hydrogen) atoms. The van der Waals surface area contributed by atoms with Crippen LogP contribution in [-0.4, -0.2) is 62.8 Å². The van der Waals surface area contributed by atoms with Crippen molar-refractivity contribution in [3.8, 4) is 5.75 Å². The number of fused-ring (bicyclic) bond motifs is 1. The van der Waals surface area contributed by atoms with E-state index < -0.39 is 52.2 Å². The van der Waals surface area contributed by atoms with Crippen LogP contribution in [0.3, 0.4) is 0 Å². The third-order valence-electron chi connectivity index (χ3n) is 4.96. The number of rotatable bonds is 6. The summed E-state index contributed by atoms with van der Waals surface area (Å²) in [6.45, 7) is 5.35. The van der Waals surface area contributed by atoms with Crippen LogP contribution in [0.1, 0.15) is 32.4 Å². The van der Waals surface area contributed by atoms with Gasteiger partial charge in [-0.15, -0.1) is 11.8 Å². The van der Waals surface area contributed by atoms with Crippen LogP contribution in [0.15, 0.2) is 24.3 Å². The van der Waals surface area contributed by atoms with Crippen LogP contribution < -0.4 is 15.8 Å². The van der Waals surface area contributed by atoms with Crippen molar-refractivity contribution >= 4 is 35.7 Å². The maximum Gasteiger partial charge on any atom is 0.513 e. The topological polar surface area (TPSA) is 148 Å². The average molecular weight is 437 g/mol. The van der Waals surface area contributed by atoms with Gasteiger partial charge in [-0.1, -0.05) is 12.1 Å². The third kappa shape index (κ3) is 3.94. The highest BCUT2D eigenvalue weighted by molar-refractivity contribution is 8.01. The number of nitrogens with zero attached hydrogens (tertiary/aromatic N) is 1. The monoisotopic (exact) mass is 437 g/mol. The number of amides is 2. The van der Waals surface area contributed by atoms with E-state index in [4.69, 9.17) is 10.5 Å². The number of hydrogen-bond acceptors (Lipinski definition) is 8. The van der Waals surface area contributed by atoms with E-state index in [1.807, 2.05) is 0 Å². The van der Waals surface area contributed by atoms with Crippen molar-refractivity contribution in [3.63, 3.8) is 0 Å². The minimum atomic E-state index is -1.07. The SMILES string of the molecule is CCOC(=O)Oc1ccc(C(N)C(=O)NC2C(=O)N3[C@@H]2SC(C)(C)[C@@H]3C(=O)O)cc1. The Labute approximate surface area is 177 Å². The lowest BCUT2D eigenvalue weighted by Crippen LogP contribution is -2.71. The van der Waals surface area contributed by atoms with Gasteiger partial charge in [0.1, 0.15) is 29.2 Å². The van der Waals surface area contributed by atoms with Gasteiger partial charge in [0.05, 0.1) is 6.61 Å². The molecule has 2 aliphatic heterocycles. The molecule has 2 fully saturated rings. The van der Waals surface area contributed by atoms with Gasteiger partial charge in [-0.3, -0.25) is 9.59 Å². The second-order valence-corrected chi connectivity index (χ2v) is 9.19. The summed E-state index contributed by atoms with van der Waals surface area (Å²) >= 11 is 1.34. The maximum absolute atomic E-state index is 12.6. The van der Waals surface area contributed by atoms with E-state index in [-0.39, 0.29) is 12.4 Å². The number of hydrogen-bond donors (Lipinski definition) is 3. The number of β-lactam (4-membered cyclic amide) rings is 1. The first-order valence-electron chi connectivity index (χ1n) is 9.30. The summed E-state index contributed by atoms with van der Waals surface area (Å²) in [6, 6.07) is 3.17. The molecule has 0 aromatic heterocycles. The van der Waals surface area contributed by atoms with Crippen LogP contribution >= 0.6 is 11.8 Å². The van der Waals surface area contributed by atoms with Crippen molar-refractivity contribution in [2.24, 2.45) is 5.73 Å². The van der Waals surface area contributed by atoms with Crippen molar-refractivity contribution < 1.29 is 33.8 Å². The molecule has 0 bridgehead atoms. The zero-order chi connectivity index (χ0) is 22.2. The molecule has 1 aromatic rings.